The predicted octanol–water partition coefficient (Wildman–Crippen LogP) is 5.60. The van der Waals surface area contributed by atoms with Crippen LogP contribution in [0.25, 0.3) is 0 Å². The van der Waals surface area contributed by atoms with Gasteiger partial charge in [0.2, 0.25) is 0 Å². The topological polar surface area (TPSA) is 32.8 Å². The number of nitrogens with zero attached hydrogens (tertiary/aromatic N) is 2. The fourth-order valence-corrected chi connectivity index (χ4v) is 3.64. The largest absolute Gasteiger partial charge is 0.491 e. The molecule has 0 radical (unpaired) electrons. The van der Waals surface area contributed by atoms with Crippen molar-refractivity contribution in [3.8, 4) is 5.75 Å². The summed E-state index contributed by atoms with van der Waals surface area (Å²) in [6, 6.07) is 13.1. The lowest BCUT2D eigenvalue weighted by Gasteiger charge is -2.35. The molecule has 1 aliphatic rings. The molecule has 0 unspecified atom stereocenters. The standard InChI is InChI=1S/C18H19ClN2O2S/c1-4-20-16-11-15(23-12(2)3)9-10-17(16)24-21(18(20)22)14-7-5-13(19)6-8-14/h5-12H,4H2,1-3H3. The van der Waals surface area contributed by atoms with Crippen LogP contribution in [0, 0.1) is 0 Å². The van der Waals surface area contributed by atoms with Gasteiger partial charge in [-0.15, -0.1) is 0 Å². The predicted molar refractivity (Wildman–Crippen MR) is 100 cm³/mol. The van der Waals surface area contributed by atoms with Crippen molar-refractivity contribution in [1.29, 1.82) is 0 Å². The number of urea groups is 1. The molecule has 0 aromatic heterocycles. The van der Waals surface area contributed by atoms with E-state index >= 15 is 0 Å². The molecule has 0 fully saturated rings. The maximum atomic E-state index is 12.9. The Morgan fingerprint density at radius 2 is 1.88 bits per heavy atom. The number of anilines is 2. The van der Waals surface area contributed by atoms with E-state index in [-0.39, 0.29) is 12.1 Å². The third kappa shape index (κ3) is 3.32. The number of ether oxygens (including phenoxy) is 1. The van der Waals surface area contributed by atoms with Gasteiger partial charge in [-0.1, -0.05) is 11.6 Å². The van der Waals surface area contributed by atoms with E-state index in [0.29, 0.717) is 11.6 Å². The molecule has 0 bridgehead atoms. The first-order valence-corrected chi connectivity index (χ1v) is 9.00. The number of rotatable bonds is 4. The van der Waals surface area contributed by atoms with Crippen molar-refractivity contribution in [2.24, 2.45) is 0 Å². The van der Waals surface area contributed by atoms with Crippen molar-refractivity contribution in [3.05, 3.63) is 47.5 Å². The van der Waals surface area contributed by atoms with Crippen LogP contribution < -0.4 is 13.9 Å². The number of carbonyl (C=O) groups is 1. The third-order valence-electron chi connectivity index (χ3n) is 3.56. The smallest absolute Gasteiger partial charge is 0.339 e. The molecule has 2 amide bonds. The highest BCUT2D eigenvalue weighted by molar-refractivity contribution is 8.01. The zero-order valence-electron chi connectivity index (χ0n) is 13.8. The summed E-state index contributed by atoms with van der Waals surface area (Å²) >= 11 is 7.36. The van der Waals surface area contributed by atoms with E-state index in [9.17, 15) is 4.79 Å². The van der Waals surface area contributed by atoms with Gasteiger partial charge in [0.1, 0.15) is 5.75 Å². The molecule has 24 heavy (non-hydrogen) atoms. The fourth-order valence-electron chi connectivity index (χ4n) is 2.53. The summed E-state index contributed by atoms with van der Waals surface area (Å²) in [5.41, 5.74) is 1.69. The average molecular weight is 363 g/mol. The van der Waals surface area contributed by atoms with Crippen molar-refractivity contribution < 1.29 is 9.53 Å². The molecule has 0 aliphatic carbocycles. The lowest BCUT2D eigenvalue weighted by molar-refractivity contribution is 0.242. The number of amides is 2. The Hall–Kier alpha value is -1.85. The van der Waals surface area contributed by atoms with Gasteiger partial charge < -0.3 is 4.74 Å². The Morgan fingerprint density at radius 1 is 1.17 bits per heavy atom. The van der Waals surface area contributed by atoms with Gasteiger partial charge in [0.25, 0.3) is 0 Å². The van der Waals surface area contributed by atoms with Crippen molar-refractivity contribution in [2.45, 2.75) is 31.8 Å². The Bertz CT molecular complexity index is 749. The minimum Gasteiger partial charge on any atom is -0.491 e. The summed E-state index contributed by atoms with van der Waals surface area (Å²) in [5.74, 6) is 0.774. The molecule has 0 saturated heterocycles. The van der Waals surface area contributed by atoms with Crippen molar-refractivity contribution in [1.82, 2.24) is 0 Å². The van der Waals surface area contributed by atoms with Gasteiger partial charge in [-0.2, -0.15) is 0 Å². The SMILES string of the molecule is CCN1C(=O)N(c2ccc(Cl)cc2)Sc2ccc(OC(C)C)cc21. The second-order valence-corrected chi connectivity index (χ2v) is 7.11. The van der Waals surface area contributed by atoms with Crippen LogP contribution in [0.2, 0.25) is 5.02 Å². The highest BCUT2D eigenvalue weighted by Crippen LogP contribution is 2.43. The van der Waals surface area contributed by atoms with Crippen LogP contribution in [-0.4, -0.2) is 18.7 Å². The van der Waals surface area contributed by atoms with Crippen LogP contribution in [0.3, 0.4) is 0 Å². The third-order valence-corrected chi connectivity index (χ3v) is 4.91. The van der Waals surface area contributed by atoms with Gasteiger partial charge in [0, 0.05) is 17.6 Å². The van der Waals surface area contributed by atoms with Crippen LogP contribution in [-0.2, 0) is 0 Å². The maximum Gasteiger partial charge on any atom is 0.339 e. The Kier molecular flexibility index (Phi) is 4.92. The molecule has 2 aromatic rings. The zero-order valence-corrected chi connectivity index (χ0v) is 15.4. The van der Waals surface area contributed by atoms with E-state index in [0.717, 1.165) is 22.0 Å². The zero-order chi connectivity index (χ0) is 17.3. The fraction of sp³-hybridized carbons (Fsp3) is 0.278. The average Bonchev–Trinajstić information content (AvgIpc) is 2.55. The molecule has 6 heteroatoms. The van der Waals surface area contributed by atoms with E-state index in [4.69, 9.17) is 16.3 Å². The quantitative estimate of drug-likeness (QED) is 0.663. The molecule has 2 aromatic carbocycles. The van der Waals surface area contributed by atoms with Crippen LogP contribution in [0.1, 0.15) is 20.8 Å². The van der Waals surface area contributed by atoms with Crippen LogP contribution in [0.5, 0.6) is 5.75 Å². The first-order valence-electron chi connectivity index (χ1n) is 7.85. The maximum absolute atomic E-state index is 12.9. The van der Waals surface area contributed by atoms with E-state index in [1.807, 2.05) is 51.1 Å². The molecule has 1 aliphatic heterocycles. The highest BCUT2D eigenvalue weighted by atomic mass is 35.5. The lowest BCUT2D eigenvalue weighted by atomic mass is 10.2. The van der Waals surface area contributed by atoms with E-state index in [1.54, 1.807) is 21.3 Å². The normalized spacial score (nSPS) is 14.1. The molecule has 0 N–H and O–H groups in total. The van der Waals surface area contributed by atoms with Gasteiger partial charge in [0.15, 0.2) is 0 Å². The van der Waals surface area contributed by atoms with E-state index in [1.165, 1.54) is 11.9 Å². The summed E-state index contributed by atoms with van der Waals surface area (Å²) in [6.45, 7) is 6.52. The van der Waals surface area contributed by atoms with Gasteiger partial charge >= 0.3 is 6.03 Å². The van der Waals surface area contributed by atoms with E-state index in [2.05, 4.69) is 0 Å². The second kappa shape index (κ2) is 6.95. The summed E-state index contributed by atoms with van der Waals surface area (Å²) < 4.78 is 7.44. The minimum atomic E-state index is -0.0704. The van der Waals surface area contributed by atoms with Crippen molar-refractivity contribution in [2.75, 3.05) is 15.7 Å². The summed E-state index contributed by atoms with van der Waals surface area (Å²) in [5, 5.41) is 0.649. The molecule has 4 nitrogen and oxygen atoms in total. The number of hydrogen-bond donors (Lipinski definition) is 0. The summed E-state index contributed by atoms with van der Waals surface area (Å²) in [4.78, 5) is 15.7. The number of carbonyl (C=O) groups excluding carboxylic acids is 1. The van der Waals surface area contributed by atoms with Gasteiger partial charge in [0.05, 0.1) is 22.4 Å². The number of fused-ring (bicyclic) bond motifs is 1. The Labute approximate surface area is 151 Å². The number of halogens is 1. The van der Waals surface area contributed by atoms with Gasteiger partial charge in [-0.05, 0) is 69.1 Å². The van der Waals surface area contributed by atoms with Crippen LogP contribution in [0.15, 0.2) is 47.4 Å². The van der Waals surface area contributed by atoms with Crippen molar-refractivity contribution in [3.63, 3.8) is 0 Å². The van der Waals surface area contributed by atoms with E-state index < -0.39 is 0 Å². The molecule has 1 heterocycles. The number of benzene rings is 2. The molecule has 0 spiro atoms. The molecular weight excluding hydrogens is 344 g/mol. The molecule has 0 saturated carbocycles. The molecule has 0 atom stereocenters. The van der Waals surface area contributed by atoms with Gasteiger partial charge in [-0.25, -0.2) is 9.10 Å². The Balaban J connectivity index is 1.97. The minimum absolute atomic E-state index is 0.0704. The van der Waals surface area contributed by atoms with Crippen molar-refractivity contribution >= 4 is 41.0 Å². The molecule has 3 rings (SSSR count). The summed E-state index contributed by atoms with van der Waals surface area (Å²) in [7, 11) is 0. The second-order valence-electron chi connectivity index (χ2n) is 5.69. The first-order chi connectivity index (χ1) is 11.5. The molecule has 126 valence electrons. The number of hydrogen-bond acceptors (Lipinski definition) is 3. The monoisotopic (exact) mass is 362 g/mol. The van der Waals surface area contributed by atoms with Crippen LogP contribution in [0.4, 0.5) is 16.2 Å². The van der Waals surface area contributed by atoms with Crippen LogP contribution >= 0.6 is 23.5 Å². The van der Waals surface area contributed by atoms with Gasteiger partial charge in [-0.3, -0.25) is 4.90 Å². The Morgan fingerprint density at radius 3 is 2.50 bits per heavy atom. The highest BCUT2D eigenvalue weighted by Gasteiger charge is 2.32. The summed E-state index contributed by atoms with van der Waals surface area (Å²) in [6.07, 6.45) is 0.0932. The molecular formula is C18H19ClN2O2S. The first kappa shape index (κ1) is 17.0. The lowest BCUT2D eigenvalue weighted by Crippen LogP contribution is -2.43.